The Bertz CT molecular complexity index is 614. The fourth-order valence-electron chi connectivity index (χ4n) is 1.83. The summed E-state index contributed by atoms with van der Waals surface area (Å²) in [4.78, 5) is 18.9. The Morgan fingerprint density at radius 3 is 2.50 bits per heavy atom. The van der Waals surface area contributed by atoms with Crippen molar-refractivity contribution in [2.45, 2.75) is 19.4 Å². The van der Waals surface area contributed by atoms with E-state index in [1.807, 2.05) is 31.2 Å². The van der Waals surface area contributed by atoms with E-state index in [-0.39, 0.29) is 6.42 Å². The summed E-state index contributed by atoms with van der Waals surface area (Å²) in [6.07, 6.45) is 2.89. The van der Waals surface area contributed by atoms with Crippen LogP contribution in [0.3, 0.4) is 0 Å². The number of anilines is 2. The predicted octanol–water partition coefficient (Wildman–Crippen LogP) is 2.09. The number of aromatic nitrogens is 2. The van der Waals surface area contributed by atoms with E-state index in [0.29, 0.717) is 18.1 Å². The van der Waals surface area contributed by atoms with Gasteiger partial charge < -0.3 is 20.9 Å². The van der Waals surface area contributed by atoms with Gasteiger partial charge in [-0.05, 0) is 31.2 Å². The Hall–Kier alpha value is -2.67. The number of hydrogen-bond acceptors (Lipinski definition) is 6. The van der Waals surface area contributed by atoms with Crippen LogP contribution in [0.5, 0.6) is 5.75 Å². The zero-order valence-corrected chi connectivity index (χ0v) is 12.2. The van der Waals surface area contributed by atoms with Crippen LogP contribution in [0, 0.1) is 0 Å². The standard InChI is InChI=1S/C15H18N4O3/c1-2-22-12-5-3-11(4-6-12)19-15-17-8-10(9-18-15)13(16)7-14(20)21/h3-6,8-9,13H,2,7,16H2,1H3,(H,20,21)(H,17,18,19). The summed E-state index contributed by atoms with van der Waals surface area (Å²) in [5, 5.41) is 11.8. The smallest absolute Gasteiger partial charge is 0.305 e. The van der Waals surface area contributed by atoms with Crippen molar-refractivity contribution in [1.29, 1.82) is 0 Å². The Labute approximate surface area is 128 Å². The summed E-state index contributed by atoms with van der Waals surface area (Å²) in [7, 11) is 0. The number of carboxylic acids is 1. The zero-order valence-electron chi connectivity index (χ0n) is 12.2. The van der Waals surface area contributed by atoms with E-state index >= 15 is 0 Å². The molecule has 1 unspecified atom stereocenters. The average molecular weight is 302 g/mol. The summed E-state index contributed by atoms with van der Waals surface area (Å²) in [5.74, 6) is 0.253. The summed E-state index contributed by atoms with van der Waals surface area (Å²) in [6.45, 7) is 2.55. The minimum atomic E-state index is -0.955. The number of nitrogens with two attached hydrogens (primary N) is 1. The summed E-state index contributed by atoms with van der Waals surface area (Å²) in [5.41, 5.74) is 7.16. The van der Waals surface area contributed by atoms with Gasteiger partial charge in [-0.2, -0.15) is 0 Å². The predicted molar refractivity (Wildman–Crippen MR) is 82.1 cm³/mol. The summed E-state index contributed by atoms with van der Waals surface area (Å²) >= 11 is 0. The van der Waals surface area contributed by atoms with Gasteiger partial charge in [0, 0.05) is 29.7 Å². The third-order valence-electron chi connectivity index (χ3n) is 2.92. The number of aliphatic carboxylic acids is 1. The van der Waals surface area contributed by atoms with Crippen LogP contribution in [-0.2, 0) is 4.79 Å². The minimum Gasteiger partial charge on any atom is -0.494 e. The molecule has 0 aliphatic heterocycles. The van der Waals surface area contributed by atoms with Crippen molar-refractivity contribution < 1.29 is 14.6 Å². The second-order valence-electron chi connectivity index (χ2n) is 4.63. The molecule has 1 aromatic carbocycles. The van der Waals surface area contributed by atoms with E-state index in [4.69, 9.17) is 15.6 Å². The van der Waals surface area contributed by atoms with Crippen molar-refractivity contribution in [3.63, 3.8) is 0 Å². The largest absolute Gasteiger partial charge is 0.494 e. The van der Waals surface area contributed by atoms with Gasteiger partial charge in [-0.1, -0.05) is 0 Å². The van der Waals surface area contributed by atoms with Crippen LogP contribution in [0.15, 0.2) is 36.7 Å². The number of nitrogens with zero attached hydrogens (tertiary/aromatic N) is 2. The number of carboxylic acid groups (broad SMARTS) is 1. The number of nitrogens with one attached hydrogen (secondary N) is 1. The van der Waals surface area contributed by atoms with Crippen LogP contribution >= 0.6 is 0 Å². The number of hydrogen-bond donors (Lipinski definition) is 3. The highest BCUT2D eigenvalue weighted by molar-refractivity contribution is 5.67. The third-order valence-corrected chi connectivity index (χ3v) is 2.92. The lowest BCUT2D eigenvalue weighted by Gasteiger charge is -2.10. The van der Waals surface area contributed by atoms with Crippen molar-refractivity contribution in [2.75, 3.05) is 11.9 Å². The normalized spacial score (nSPS) is 11.7. The molecule has 0 saturated heterocycles. The Balaban J connectivity index is 2.00. The van der Waals surface area contributed by atoms with Crippen molar-refractivity contribution >= 4 is 17.6 Å². The molecule has 0 aliphatic carbocycles. The van der Waals surface area contributed by atoms with Gasteiger partial charge in [-0.25, -0.2) is 9.97 Å². The molecule has 0 fully saturated rings. The maximum absolute atomic E-state index is 10.6. The minimum absolute atomic E-state index is 0.158. The van der Waals surface area contributed by atoms with Crippen LogP contribution in [-0.4, -0.2) is 27.7 Å². The van der Waals surface area contributed by atoms with Gasteiger partial charge in [0.05, 0.1) is 13.0 Å². The van der Waals surface area contributed by atoms with Crippen LogP contribution in [0.1, 0.15) is 24.9 Å². The molecule has 0 aliphatic rings. The molecule has 1 heterocycles. The first-order valence-electron chi connectivity index (χ1n) is 6.87. The average Bonchev–Trinajstić information content (AvgIpc) is 2.49. The Morgan fingerprint density at radius 1 is 1.32 bits per heavy atom. The van der Waals surface area contributed by atoms with E-state index in [9.17, 15) is 4.79 Å². The van der Waals surface area contributed by atoms with E-state index < -0.39 is 12.0 Å². The zero-order chi connectivity index (χ0) is 15.9. The highest BCUT2D eigenvalue weighted by atomic mass is 16.5. The lowest BCUT2D eigenvalue weighted by atomic mass is 10.1. The van der Waals surface area contributed by atoms with Crippen molar-refractivity contribution in [1.82, 2.24) is 9.97 Å². The monoisotopic (exact) mass is 302 g/mol. The Morgan fingerprint density at radius 2 is 1.95 bits per heavy atom. The fourth-order valence-corrected chi connectivity index (χ4v) is 1.83. The molecule has 0 bridgehead atoms. The van der Waals surface area contributed by atoms with Gasteiger partial charge >= 0.3 is 5.97 Å². The molecule has 1 aromatic heterocycles. The molecule has 7 heteroatoms. The van der Waals surface area contributed by atoms with Crippen molar-refractivity contribution in [3.05, 3.63) is 42.2 Å². The van der Waals surface area contributed by atoms with Crippen molar-refractivity contribution in [3.8, 4) is 5.75 Å². The van der Waals surface area contributed by atoms with E-state index in [0.717, 1.165) is 11.4 Å². The SMILES string of the molecule is CCOc1ccc(Nc2ncc(C(N)CC(=O)O)cn2)cc1. The molecule has 2 rings (SSSR count). The molecule has 0 amide bonds. The van der Waals surface area contributed by atoms with Crippen LogP contribution in [0.4, 0.5) is 11.6 Å². The van der Waals surface area contributed by atoms with Gasteiger partial charge in [0.2, 0.25) is 5.95 Å². The molecular weight excluding hydrogens is 284 g/mol. The fraction of sp³-hybridized carbons (Fsp3) is 0.267. The van der Waals surface area contributed by atoms with Crippen molar-refractivity contribution in [2.24, 2.45) is 5.73 Å². The third kappa shape index (κ3) is 4.42. The van der Waals surface area contributed by atoms with E-state index in [2.05, 4.69) is 15.3 Å². The van der Waals surface area contributed by atoms with Gasteiger partial charge in [-0.3, -0.25) is 4.79 Å². The van der Waals surface area contributed by atoms with E-state index in [1.54, 1.807) is 0 Å². The summed E-state index contributed by atoms with van der Waals surface area (Å²) < 4.78 is 5.36. The van der Waals surface area contributed by atoms with Gasteiger partial charge in [-0.15, -0.1) is 0 Å². The lowest BCUT2D eigenvalue weighted by Crippen LogP contribution is -2.15. The second kappa shape index (κ2) is 7.37. The van der Waals surface area contributed by atoms with Crippen LogP contribution in [0.25, 0.3) is 0 Å². The highest BCUT2D eigenvalue weighted by Gasteiger charge is 2.11. The number of carbonyl (C=O) groups is 1. The van der Waals surface area contributed by atoms with E-state index in [1.165, 1.54) is 12.4 Å². The molecule has 0 saturated carbocycles. The second-order valence-corrected chi connectivity index (χ2v) is 4.63. The Kier molecular flexibility index (Phi) is 5.26. The molecule has 116 valence electrons. The molecule has 2 aromatic rings. The molecule has 4 N–H and O–H groups in total. The van der Waals surface area contributed by atoms with Gasteiger partial charge in [0.15, 0.2) is 0 Å². The van der Waals surface area contributed by atoms with Crippen LogP contribution < -0.4 is 15.8 Å². The number of benzene rings is 1. The number of rotatable bonds is 7. The quantitative estimate of drug-likeness (QED) is 0.718. The molecule has 0 radical (unpaired) electrons. The lowest BCUT2D eigenvalue weighted by molar-refractivity contribution is -0.137. The highest BCUT2D eigenvalue weighted by Crippen LogP contribution is 2.19. The van der Waals surface area contributed by atoms with Crippen LogP contribution in [0.2, 0.25) is 0 Å². The topological polar surface area (TPSA) is 110 Å². The summed E-state index contributed by atoms with van der Waals surface area (Å²) in [6, 6.07) is 6.81. The first-order chi connectivity index (χ1) is 10.6. The maximum Gasteiger partial charge on any atom is 0.305 e. The maximum atomic E-state index is 10.6. The van der Waals surface area contributed by atoms with Gasteiger partial charge in [0.25, 0.3) is 0 Å². The molecular formula is C15H18N4O3. The molecule has 7 nitrogen and oxygen atoms in total. The molecule has 0 spiro atoms. The van der Waals surface area contributed by atoms with Gasteiger partial charge in [0.1, 0.15) is 5.75 Å². The molecule has 22 heavy (non-hydrogen) atoms. The first-order valence-corrected chi connectivity index (χ1v) is 6.87. The molecule has 1 atom stereocenters. The number of ether oxygens (including phenoxy) is 1. The first kappa shape index (κ1) is 15.7.